The molecule has 0 spiro atoms. The first kappa shape index (κ1) is 24.2. The van der Waals surface area contributed by atoms with Gasteiger partial charge >= 0.3 is 0 Å². The molecule has 4 aromatic rings. The average Bonchev–Trinajstić information content (AvgIpc) is 2.87. The Hall–Kier alpha value is -3.95. The summed E-state index contributed by atoms with van der Waals surface area (Å²) in [6.07, 6.45) is 2.36. The topological polar surface area (TPSA) is 118 Å². The minimum atomic E-state index is -0.787. The molecule has 0 aliphatic heterocycles. The number of hydrogen-bond donors (Lipinski definition) is 3. The Balaban J connectivity index is 1.54. The maximum atomic E-state index is 12.2. The van der Waals surface area contributed by atoms with E-state index in [1.165, 1.54) is 6.33 Å². The number of anilines is 2. The molecule has 180 valence electrons. The van der Waals surface area contributed by atoms with E-state index in [-0.39, 0.29) is 19.1 Å². The molecule has 4 rings (SSSR count). The Morgan fingerprint density at radius 1 is 1.09 bits per heavy atom. The molecule has 0 unspecified atom stereocenters. The zero-order valence-corrected chi connectivity index (χ0v) is 19.7. The minimum Gasteiger partial charge on any atom is -0.486 e. The molecular formula is C25H24ClN5O4. The molecule has 10 heteroatoms. The zero-order valence-electron chi connectivity index (χ0n) is 18.9. The number of ether oxygens (including phenoxy) is 2. The normalized spacial score (nSPS) is 11.6. The quantitative estimate of drug-likeness (QED) is 0.304. The van der Waals surface area contributed by atoms with Gasteiger partial charge in [0.15, 0.2) is 6.10 Å². The average molecular weight is 494 g/mol. The van der Waals surface area contributed by atoms with Gasteiger partial charge in [0.2, 0.25) is 0 Å². The van der Waals surface area contributed by atoms with Crippen molar-refractivity contribution in [1.29, 1.82) is 0 Å². The van der Waals surface area contributed by atoms with Gasteiger partial charge < -0.3 is 25.2 Å². The van der Waals surface area contributed by atoms with E-state index in [1.54, 1.807) is 37.4 Å². The molecule has 1 atom stereocenters. The van der Waals surface area contributed by atoms with Crippen LogP contribution in [-0.2, 0) is 11.4 Å². The maximum Gasteiger partial charge on any atom is 0.260 e. The van der Waals surface area contributed by atoms with Gasteiger partial charge in [0.25, 0.3) is 5.91 Å². The van der Waals surface area contributed by atoms with Gasteiger partial charge in [-0.3, -0.25) is 9.78 Å². The molecule has 35 heavy (non-hydrogen) atoms. The molecule has 0 fully saturated rings. The number of carbonyl (C=O) groups is 1. The predicted molar refractivity (Wildman–Crippen MR) is 133 cm³/mol. The van der Waals surface area contributed by atoms with Gasteiger partial charge in [0.05, 0.1) is 28.2 Å². The lowest BCUT2D eigenvalue weighted by atomic mass is 10.2. The predicted octanol–water partition coefficient (Wildman–Crippen LogP) is 3.88. The fraction of sp³-hybridized carbons (Fsp3) is 0.200. The lowest BCUT2D eigenvalue weighted by Crippen LogP contribution is -2.37. The number of amides is 1. The van der Waals surface area contributed by atoms with Crippen molar-refractivity contribution in [3.8, 4) is 11.5 Å². The SMILES string of the molecule is C[C@@H](Oc1cccc2ncnc(Nc3ccc(OCc4ccccn4)c(Cl)c3)c12)C(=O)NCCO. The molecule has 0 aliphatic carbocycles. The van der Waals surface area contributed by atoms with Crippen molar-refractivity contribution in [3.63, 3.8) is 0 Å². The van der Waals surface area contributed by atoms with Crippen LogP contribution >= 0.6 is 11.6 Å². The molecule has 0 radical (unpaired) electrons. The van der Waals surface area contributed by atoms with Crippen LogP contribution in [0.2, 0.25) is 5.02 Å². The number of fused-ring (bicyclic) bond motifs is 1. The second kappa shape index (κ2) is 11.5. The van der Waals surface area contributed by atoms with E-state index in [2.05, 4.69) is 25.6 Å². The Morgan fingerprint density at radius 3 is 2.74 bits per heavy atom. The molecule has 9 nitrogen and oxygen atoms in total. The van der Waals surface area contributed by atoms with Crippen LogP contribution in [-0.4, -0.2) is 45.2 Å². The number of rotatable bonds is 10. The number of benzene rings is 2. The zero-order chi connectivity index (χ0) is 24.6. The monoisotopic (exact) mass is 493 g/mol. The van der Waals surface area contributed by atoms with E-state index < -0.39 is 6.10 Å². The number of nitrogens with zero attached hydrogens (tertiary/aromatic N) is 3. The van der Waals surface area contributed by atoms with E-state index in [9.17, 15) is 4.79 Å². The highest BCUT2D eigenvalue weighted by Gasteiger charge is 2.18. The Bertz CT molecular complexity index is 1300. The van der Waals surface area contributed by atoms with Crippen molar-refractivity contribution in [2.75, 3.05) is 18.5 Å². The highest BCUT2D eigenvalue weighted by molar-refractivity contribution is 6.32. The first-order chi connectivity index (χ1) is 17.0. The Labute approximate surface area is 207 Å². The molecule has 1 amide bonds. The van der Waals surface area contributed by atoms with Crippen LogP contribution in [0.3, 0.4) is 0 Å². The van der Waals surface area contributed by atoms with Crippen LogP contribution in [0.15, 0.2) is 67.1 Å². The maximum absolute atomic E-state index is 12.2. The Morgan fingerprint density at radius 2 is 1.97 bits per heavy atom. The summed E-state index contributed by atoms with van der Waals surface area (Å²) in [5, 5.41) is 15.8. The number of aromatic nitrogens is 3. The summed E-state index contributed by atoms with van der Waals surface area (Å²) in [6, 6.07) is 16.3. The van der Waals surface area contributed by atoms with E-state index >= 15 is 0 Å². The molecule has 0 bridgehead atoms. The van der Waals surface area contributed by atoms with Crippen LogP contribution in [0.5, 0.6) is 11.5 Å². The van der Waals surface area contributed by atoms with Crippen molar-refractivity contribution >= 4 is 39.9 Å². The number of nitrogens with one attached hydrogen (secondary N) is 2. The van der Waals surface area contributed by atoms with Crippen LogP contribution in [0.25, 0.3) is 10.9 Å². The first-order valence-corrected chi connectivity index (χ1v) is 11.3. The van der Waals surface area contributed by atoms with E-state index in [1.807, 2.05) is 30.3 Å². The molecule has 2 aromatic heterocycles. The van der Waals surface area contributed by atoms with Crippen LogP contribution in [0.1, 0.15) is 12.6 Å². The van der Waals surface area contributed by atoms with Gasteiger partial charge in [0, 0.05) is 18.4 Å². The van der Waals surface area contributed by atoms with Crippen molar-refractivity contribution in [1.82, 2.24) is 20.3 Å². The fourth-order valence-electron chi connectivity index (χ4n) is 3.31. The van der Waals surface area contributed by atoms with E-state index in [0.29, 0.717) is 45.5 Å². The molecule has 0 saturated carbocycles. The molecule has 0 aliphatic rings. The third-order valence-electron chi connectivity index (χ3n) is 5.01. The van der Waals surface area contributed by atoms with E-state index in [0.717, 1.165) is 5.69 Å². The number of pyridine rings is 1. The summed E-state index contributed by atoms with van der Waals surface area (Å²) in [4.78, 5) is 25.1. The van der Waals surface area contributed by atoms with Crippen LogP contribution < -0.4 is 20.1 Å². The van der Waals surface area contributed by atoms with Gasteiger partial charge in [-0.25, -0.2) is 9.97 Å². The van der Waals surface area contributed by atoms with Gasteiger partial charge in [-0.1, -0.05) is 23.7 Å². The summed E-state index contributed by atoms with van der Waals surface area (Å²) in [5.41, 5.74) is 2.12. The first-order valence-electron chi connectivity index (χ1n) is 10.9. The van der Waals surface area contributed by atoms with Crippen molar-refractivity contribution < 1.29 is 19.4 Å². The number of aliphatic hydroxyl groups excluding tert-OH is 1. The second-order valence-electron chi connectivity index (χ2n) is 7.53. The third-order valence-corrected chi connectivity index (χ3v) is 5.30. The number of aliphatic hydroxyl groups is 1. The van der Waals surface area contributed by atoms with Crippen molar-refractivity contribution in [2.45, 2.75) is 19.6 Å². The molecule has 2 aromatic carbocycles. The van der Waals surface area contributed by atoms with E-state index in [4.69, 9.17) is 26.2 Å². The smallest absolute Gasteiger partial charge is 0.260 e. The minimum absolute atomic E-state index is 0.149. The van der Waals surface area contributed by atoms with Gasteiger partial charge in [0.1, 0.15) is 30.3 Å². The summed E-state index contributed by atoms with van der Waals surface area (Å²) in [5.74, 6) is 1.13. The standard InChI is InChI=1S/C25H24ClN5O4/c1-16(25(33)28-11-12-32)35-22-7-4-6-20-23(22)24(30-15-29-20)31-17-8-9-21(19(26)13-17)34-14-18-5-2-3-10-27-18/h2-10,13,15-16,32H,11-12,14H2,1H3,(H,28,33)(H,29,30,31)/t16-/m1/s1. The van der Waals surface area contributed by atoms with Gasteiger partial charge in [-0.15, -0.1) is 0 Å². The molecule has 0 saturated heterocycles. The lowest BCUT2D eigenvalue weighted by molar-refractivity contribution is -0.127. The number of halogens is 1. The van der Waals surface area contributed by atoms with Crippen LogP contribution in [0, 0.1) is 0 Å². The highest BCUT2D eigenvalue weighted by Crippen LogP contribution is 2.34. The lowest BCUT2D eigenvalue weighted by Gasteiger charge is -2.17. The summed E-state index contributed by atoms with van der Waals surface area (Å²) >= 11 is 6.45. The molecular weight excluding hydrogens is 470 g/mol. The van der Waals surface area contributed by atoms with Gasteiger partial charge in [-0.05, 0) is 49.4 Å². The van der Waals surface area contributed by atoms with Crippen LogP contribution in [0.4, 0.5) is 11.5 Å². The number of hydrogen-bond acceptors (Lipinski definition) is 8. The van der Waals surface area contributed by atoms with Crippen molar-refractivity contribution in [3.05, 3.63) is 77.8 Å². The summed E-state index contributed by atoms with van der Waals surface area (Å²) < 4.78 is 11.7. The fourth-order valence-corrected chi connectivity index (χ4v) is 3.54. The molecule has 3 N–H and O–H groups in total. The third kappa shape index (κ3) is 6.14. The van der Waals surface area contributed by atoms with Gasteiger partial charge in [-0.2, -0.15) is 0 Å². The largest absolute Gasteiger partial charge is 0.486 e. The summed E-state index contributed by atoms with van der Waals surface area (Å²) in [7, 11) is 0. The number of carbonyl (C=O) groups excluding carboxylic acids is 1. The highest BCUT2D eigenvalue weighted by atomic mass is 35.5. The Kier molecular flexibility index (Phi) is 7.92. The molecule has 2 heterocycles. The second-order valence-corrected chi connectivity index (χ2v) is 7.93. The summed E-state index contributed by atoms with van der Waals surface area (Å²) in [6.45, 7) is 1.94. The van der Waals surface area contributed by atoms with Crippen molar-refractivity contribution in [2.24, 2.45) is 0 Å².